The molecule has 0 unspecified atom stereocenters. The minimum atomic E-state index is -0.0806. The van der Waals surface area contributed by atoms with E-state index in [4.69, 9.17) is 4.42 Å². The van der Waals surface area contributed by atoms with Gasteiger partial charge in [-0.2, -0.15) is 10.2 Å². The summed E-state index contributed by atoms with van der Waals surface area (Å²) in [4.78, 5) is 12.5. The molecule has 4 heterocycles. The zero-order chi connectivity index (χ0) is 20.7. The Kier molecular flexibility index (Phi) is 4.57. The van der Waals surface area contributed by atoms with Crippen molar-refractivity contribution >= 4 is 16.8 Å². The lowest BCUT2D eigenvalue weighted by molar-refractivity contribution is 0.302. The topological polar surface area (TPSA) is 104 Å². The van der Waals surface area contributed by atoms with Crippen molar-refractivity contribution in [3.05, 3.63) is 58.5 Å². The predicted octanol–water partition coefficient (Wildman–Crippen LogP) is 3.18. The molecule has 4 aromatic heterocycles. The molecule has 4 aromatic rings. The lowest BCUT2D eigenvalue weighted by Gasteiger charge is -2.29. The summed E-state index contributed by atoms with van der Waals surface area (Å²) in [6.07, 6.45) is 6.85. The van der Waals surface area contributed by atoms with E-state index in [-0.39, 0.29) is 17.6 Å². The normalized spacial score (nSPS) is 19.3. The first kappa shape index (κ1) is 18.5. The Morgan fingerprint density at radius 2 is 1.93 bits per heavy atom. The fourth-order valence-corrected chi connectivity index (χ4v) is 4.21. The second-order valence-corrected chi connectivity index (χ2v) is 7.86. The molecule has 9 heteroatoms. The first-order chi connectivity index (χ1) is 14.6. The Balaban J connectivity index is 1.32. The summed E-state index contributed by atoms with van der Waals surface area (Å²) in [5.74, 6) is 1.34. The van der Waals surface area contributed by atoms with Crippen LogP contribution in [0.4, 0.5) is 5.82 Å². The average molecular weight is 405 g/mol. The Hall–Kier alpha value is -3.49. The zero-order valence-corrected chi connectivity index (χ0v) is 16.9. The van der Waals surface area contributed by atoms with Crippen molar-refractivity contribution in [2.75, 3.05) is 5.32 Å². The van der Waals surface area contributed by atoms with Gasteiger partial charge in [-0.3, -0.25) is 4.79 Å². The fourth-order valence-electron chi connectivity index (χ4n) is 4.21. The molecular weight excluding hydrogens is 382 g/mol. The summed E-state index contributed by atoms with van der Waals surface area (Å²) in [7, 11) is 0. The van der Waals surface area contributed by atoms with Gasteiger partial charge in [0.1, 0.15) is 0 Å². The molecule has 30 heavy (non-hydrogen) atoms. The first-order valence-electron chi connectivity index (χ1n) is 10.2. The van der Waals surface area contributed by atoms with Crippen molar-refractivity contribution in [2.24, 2.45) is 0 Å². The number of hydrogen-bond donors (Lipinski definition) is 1. The van der Waals surface area contributed by atoms with Crippen LogP contribution in [0, 0.1) is 13.8 Å². The van der Waals surface area contributed by atoms with Crippen molar-refractivity contribution in [2.45, 2.75) is 51.6 Å². The molecule has 0 spiro atoms. The van der Waals surface area contributed by atoms with Crippen LogP contribution in [0.2, 0.25) is 0 Å². The van der Waals surface area contributed by atoms with Gasteiger partial charge >= 0.3 is 0 Å². The lowest BCUT2D eigenvalue weighted by atomic mass is 9.91. The van der Waals surface area contributed by atoms with E-state index in [0.29, 0.717) is 11.6 Å². The summed E-state index contributed by atoms with van der Waals surface area (Å²) in [5, 5.41) is 21.7. The summed E-state index contributed by atoms with van der Waals surface area (Å²) in [6, 6.07) is 7.50. The van der Waals surface area contributed by atoms with Gasteiger partial charge in [0.2, 0.25) is 0 Å². The highest BCUT2D eigenvalue weighted by Crippen LogP contribution is 2.30. The Morgan fingerprint density at radius 1 is 1.10 bits per heavy atom. The summed E-state index contributed by atoms with van der Waals surface area (Å²) in [6.45, 7) is 3.93. The lowest BCUT2D eigenvalue weighted by Crippen LogP contribution is -2.33. The van der Waals surface area contributed by atoms with Crippen LogP contribution < -0.4 is 10.9 Å². The van der Waals surface area contributed by atoms with Gasteiger partial charge in [0, 0.05) is 23.2 Å². The molecule has 9 nitrogen and oxygen atoms in total. The molecule has 0 atom stereocenters. The van der Waals surface area contributed by atoms with Gasteiger partial charge in [0.25, 0.3) is 5.56 Å². The minimum Gasteiger partial charge on any atom is -0.460 e. The largest absolute Gasteiger partial charge is 0.460 e. The molecule has 0 saturated heterocycles. The molecule has 5 rings (SSSR count). The van der Waals surface area contributed by atoms with E-state index in [1.807, 2.05) is 26.0 Å². The van der Waals surface area contributed by atoms with E-state index in [9.17, 15) is 4.79 Å². The molecule has 1 N–H and O–H groups in total. The van der Waals surface area contributed by atoms with Gasteiger partial charge in [-0.1, -0.05) is 0 Å². The maximum Gasteiger partial charge on any atom is 0.267 e. The van der Waals surface area contributed by atoms with Gasteiger partial charge in [-0.15, -0.1) is 10.2 Å². The molecule has 0 aliphatic heterocycles. The van der Waals surface area contributed by atoms with E-state index >= 15 is 0 Å². The van der Waals surface area contributed by atoms with Gasteiger partial charge in [0.15, 0.2) is 17.2 Å². The van der Waals surface area contributed by atoms with Crippen molar-refractivity contribution in [3.8, 4) is 5.82 Å². The Morgan fingerprint density at radius 3 is 2.70 bits per heavy atom. The Labute approximate surface area is 172 Å². The quantitative estimate of drug-likeness (QED) is 0.556. The van der Waals surface area contributed by atoms with Crippen molar-refractivity contribution in [1.82, 2.24) is 29.8 Å². The summed E-state index contributed by atoms with van der Waals surface area (Å²) >= 11 is 0. The number of aryl methyl sites for hydroxylation is 2. The van der Waals surface area contributed by atoms with Crippen LogP contribution in [-0.2, 0) is 0 Å². The third-order valence-electron chi connectivity index (χ3n) is 5.69. The van der Waals surface area contributed by atoms with Crippen LogP contribution in [0.25, 0.3) is 16.8 Å². The number of anilines is 1. The molecule has 1 aliphatic rings. The van der Waals surface area contributed by atoms with E-state index in [2.05, 4.69) is 25.7 Å². The number of rotatable bonds is 4. The summed E-state index contributed by atoms with van der Waals surface area (Å²) < 4.78 is 8.93. The van der Waals surface area contributed by atoms with Crippen LogP contribution in [0.15, 0.2) is 45.9 Å². The molecule has 0 aromatic carbocycles. The molecule has 0 amide bonds. The first-order valence-corrected chi connectivity index (χ1v) is 10.2. The molecule has 0 radical (unpaired) electrons. The zero-order valence-electron chi connectivity index (χ0n) is 16.9. The average Bonchev–Trinajstić information content (AvgIpc) is 3.36. The predicted molar refractivity (Wildman–Crippen MR) is 112 cm³/mol. The van der Waals surface area contributed by atoms with E-state index in [1.54, 1.807) is 34.0 Å². The SMILES string of the molecule is Cc1cc(C)n(-c2ccc(=O)n(C3CCC(Nc4nncc5ccoc45)CC3)n2)n1. The number of furan rings is 1. The Bertz CT molecular complexity index is 1250. The number of hydrogen-bond acceptors (Lipinski definition) is 7. The summed E-state index contributed by atoms with van der Waals surface area (Å²) in [5.41, 5.74) is 2.56. The maximum atomic E-state index is 12.5. The number of fused-ring (bicyclic) bond motifs is 1. The van der Waals surface area contributed by atoms with Crippen LogP contribution in [0.5, 0.6) is 0 Å². The van der Waals surface area contributed by atoms with Crippen LogP contribution in [-0.4, -0.2) is 35.8 Å². The van der Waals surface area contributed by atoms with Gasteiger partial charge < -0.3 is 9.73 Å². The number of nitrogens with one attached hydrogen (secondary N) is 1. The third kappa shape index (κ3) is 3.36. The highest BCUT2D eigenvalue weighted by atomic mass is 16.3. The number of aromatic nitrogens is 6. The molecule has 1 aliphatic carbocycles. The van der Waals surface area contributed by atoms with Crippen molar-refractivity contribution in [3.63, 3.8) is 0 Å². The van der Waals surface area contributed by atoms with Crippen LogP contribution >= 0.6 is 0 Å². The second-order valence-electron chi connectivity index (χ2n) is 7.86. The maximum absolute atomic E-state index is 12.5. The highest BCUT2D eigenvalue weighted by molar-refractivity contribution is 5.85. The van der Waals surface area contributed by atoms with Crippen molar-refractivity contribution < 1.29 is 4.42 Å². The number of nitrogens with zero attached hydrogens (tertiary/aromatic N) is 6. The second kappa shape index (κ2) is 7.40. The van der Waals surface area contributed by atoms with E-state index in [0.717, 1.165) is 48.0 Å². The smallest absolute Gasteiger partial charge is 0.267 e. The van der Waals surface area contributed by atoms with Crippen molar-refractivity contribution in [1.29, 1.82) is 0 Å². The highest BCUT2D eigenvalue weighted by Gasteiger charge is 2.25. The fraction of sp³-hybridized carbons (Fsp3) is 0.381. The van der Waals surface area contributed by atoms with E-state index in [1.165, 1.54) is 0 Å². The van der Waals surface area contributed by atoms with Crippen LogP contribution in [0.1, 0.15) is 43.1 Å². The minimum absolute atomic E-state index is 0.0676. The van der Waals surface area contributed by atoms with Crippen LogP contribution in [0.3, 0.4) is 0 Å². The van der Waals surface area contributed by atoms with Gasteiger partial charge in [0.05, 0.1) is 24.2 Å². The third-order valence-corrected chi connectivity index (χ3v) is 5.69. The van der Waals surface area contributed by atoms with E-state index < -0.39 is 0 Å². The molecule has 1 saturated carbocycles. The van der Waals surface area contributed by atoms with Gasteiger partial charge in [-0.25, -0.2) is 9.36 Å². The monoisotopic (exact) mass is 405 g/mol. The molecule has 1 fully saturated rings. The standard InChI is InChI=1S/C21H23N7O2/c1-13-11-14(2)27(25-13)18-7-8-19(29)28(26-18)17-5-3-16(4-6-17)23-21-20-15(9-10-30-20)12-22-24-21/h7-12,16-17H,3-6H2,1-2H3,(H,23,24). The van der Waals surface area contributed by atoms with Gasteiger partial charge in [-0.05, 0) is 57.7 Å². The molecular formula is C21H23N7O2. The molecule has 0 bridgehead atoms. The molecule has 154 valence electrons.